The van der Waals surface area contributed by atoms with Crippen molar-refractivity contribution >= 4 is 23.0 Å². The molecule has 0 amide bonds. The molecule has 130 valence electrons. The maximum Gasteiger partial charge on any atom is 0.0780 e. The largest absolute Gasteiger partial charge is 0.550 e. The van der Waals surface area contributed by atoms with E-state index in [9.17, 15) is 0 Å². The zero-order valence-corrected chi connectivity index (χ0v) is 16.7. The van der Waals surface area contributed by atoms with Crippen LogP contribution < -0.4 is 5.11 Å². The van der Waals surface area contributed by atoms with Crippen molar-refractivity contribution in [3.8, 4) is 0 Å². The number of hydrogen-bond acceptors (Lipinski definition) is 2. The molecule has 0 aromatic rings. The summed E-state index contributed by atoms with van der Waals surface area (Å²) >= 11 is 0. The summed E-state index contributed by atoms with van der Waals surface area (Å²) in [6, 6.07) is 0. The Labute approximate surface area is 143 Å². The van der Waals surface area contributed by atoms with E-state index < -0.39 is 5.97 Å². The third-order valence-corrected chi connectivity index (χ3v) is 3.18. The number of quaternary nitrogens is 1. The standard InChI is InChI=1S/C15H34N.C2H4O2.BrH/c1-5-6-7-8-9-10-11-12-13-14-15-16(2,3)4;1-2(3)4;/h5-15H2,1-4H3;1H3,(H,3,4);1H/q+1;;/p-1. The lowest BCUT2D eigenvalue weighted by Gasteiger charge is -2.23. The van der Waals surface area contributed by atoms with Gasteiger partial charge in [0, 0.05) is 5.97 Å². The quantitative estimate of drug-likeness (QED) is 0.409. The van der Waals surface area contributed by atoms with Crippen molar-refractivity contribution in [2.45, 2.75) is 78.1 Å². The highest BCUT2D eigenvalue weighted by molar-refractivity contribution is 8.93. The number of carbonyl (C=O) groups is 1. The van der Waals surface area contributed by atoms with Gasteiger partial charge in [0.15, 0.2) is 0 Å². The molecule has 0 atom stereocenters. The Bertz CT molecular complexity index is 211. The van der Waals surface area contributed by atoms with Gasteiger partial charge in [-0.25, -0.2) is 0 Å². The number of unbranched alkanes of at least 4 members (excludes halogenated alkanes) is 9. The molecule has 0 saturated carbocycles. The lowest BCUT2D eigenvalue weighted by Crippen LogP contribution is -2.35. The summed E-state index contributed by atoms with van der Waals surface area (Å²) in [5, 5.41) is 8.89. The molecule has 0 aromatic carbocycles. The summed E-state index contributed by atoms with van der Waals surface area (Å²) < 4.78 is 1.12. The maximum absolute atomic E-state index is 8.89. The molecule has 0 aliphatic rings. The van der Waals surface area contributed by atoms with Crippen LogP contribution in [0.1, 0.15) is 78.1 Å². The van der Waals surface area contributed by atoms with Crippen LogP contribution in [0.2, 0.25) is 0 Å². The second-order valence-electron chi connectivity index (χ2n) is 6.69. The first-order valence-corrected chi connectivity index (χ1v) is 8.27. The molecule has 3 nitrogen and oxygen atoms in total. The van der Waals surface area contributed by atoms with Crippen molar-refractivity contribution in [1.29, 1.82) is 0 Å². The van der Waals surface area contributed by atoms with E-state index in [1.54, 1.807) is 0 Å². The van der Waals surface area contributed by atoms with Crippen molar-refractivity contribution < 1.29 is 14.4 Å². The molecule has 0 bridgehead atoms. The fraction of sp³-hybridized carbons (Fsp3) is 0.941. The molecule has 4 heteroatoms. The molecule has 0 saturated heterocycles. The van der Waals surface area contributed by atoms with Crippen LogP contribution >= 0.6 is 17.0 Å². The molecule has 0 radical (unpaired) electrons. The third-order valence-electron chi connectivity index (χ3n) is 3.18. The Balaban J connectivity index is -0.000000572. The lowest BCUT2D eigenvalue weighted by molar-refractivity contribution is -0.870. The Morgan fingerprint density at radius 1 is 0.810 bits per heavy atom. The SMILES string of the molecule is Br.CC(=O)[O-].CCCCCCCCCCCC[N+](C)(C)C. The summed E-state index contributed by atoms with van der Waals surface area (Å²) in [5.74, 6) is -1.08. The molecule has 0 aliphatic heterocycles. The highest BCUT2D eigenvalue weighted by Gasteiger charge is 2.04. The molecule has 0 aromatic heterocycles. The maximum atomic E-state index is 8.89. The molecule has 0 spiro atoms. The van der Waals surface area contributed by atoms with Crippen molar-refractivity contribution in [2.75, 3.05) is 27.7 Å². The number of carboxylic acid groups (broad SMARTS) is 1. The Morgan fingerprint density at radius 3 is 1.38 bits per heavy atom. The number of carboxylic acids is 1. The molecular weight excluding hydrogens is 330 g/mol. The van der Waals surface area contributed by atoms with Crippen molar-refractivity contribution in [1.82, 2.24) is 0 Å². The number of aliphatic carboxylic acids is 1. The van der Waals surface area contributed by atoms with Crippen molar-refractivity contribution in [2.24, 2.45) is 0 Å². The summed E-state index contributed by atoms with van der Waals surface area (Å²) in [4.78, 5) is 8.89. The van der Waals surface area contributed by atoms with E-state index in [1.165, 1.54) is 70.8 Å². The number of carbonyl (C=O) groups excluding carboxylic acids is 1. The number of rotatable bonds is 11. The van der Waals surface area contributed by atoms with Gasteiger partial charge >= 0.3 is 0 Å². The van der Waals surface area contributed by atoms with Gasteiger partial charge in [0.1, 0.15) is 0 Å². The molecule has 0 rings (SSSR count). The van der Waals surface area contributed by atoms with Gasteiger partial charge in [-0.15, -0.1) is 17.0 Å². The van der Waals surface area contributed by atoms with Gasteiger partial charge in [-0.1, -0.05) is 58.3 Å². The highest BCUT2D eigenvalue weighted by Crippen LogP contribution is 2.10. The predicted octanol–water partition coefficient (Wildman–Crippen LogP) is 3.95. The Hall–Kier alpha value is -0.0900. The fourth-order valence-corrected chi connectivity index (χ4v) is 2.07. The van der Waals surface area contributed by atoms with Gasteiger partial charge in [0.25, 0.3) is 0 Å². The van der Waals surface area contributed by atoms with Crippen LogP contribution in [0.4, 0.5) is 0 Å². The van der Waals surface area contributed by atoms with Crippen molar-refractivity contribution in [3.63, 3.8) is 0 Å². The van der Waals surface area contributed by atoms with Crippen LogP contribution in [0, 0.1) is 0 Å². The van der Waals surface area contributed by atoms with E-state index in [4.69, 9.17) is 9.90 Å². The normalized spacial score (nSPS) is 10.3. The molecule has 21 heavy (non-hydrogen) atoms. The van der Waals surface area contributed by atoms with Crippen LogP contribution in [0.5, 0.6) is 0 Å². The van der Waals surface area contributed by atoms with Gasteiger partial charge in [0.05, 0.1) is 27.7 Å². The van der Waals surface area contributed by atoms with E-state index in [-0.39, 0.29) is 17.0 Å². The number of hydrogen-bond donors (Lipinski definition) is 0. The first kappa shape index (κ1) is 25.8. The summed E-state index contributed by atoms with van der Waals surface area (Å²) in [7, 11) is 6.86. The van der Waals surface area contributed by atoms with E-state index in [1.807, 2.05) is 0 Å². The zero-order valence-electron chi connectivity index (χ0n) is 15.0. The summed E-state index contributed by atoms with van der Waals surface area (Å²) in [5.41, 5.74) is 0. The van der Waals surface area contributed by atoms with Gasteiger partial charge in [-0.3, -0.25) is 0 Å². The average Bonchev–Trinajstić information content (AvgIpc) is 2.29. The van der Waals surface area contributed by atoms with Crippen LogP contribution in [0.3, 0.4) is 0 Å². The molecular formula is C17H38BrNO2. The molecule has 0 fully saturated rings. The van der Waals surface area contributed by atoms with E-state index in [0.29, 0.717) is 0 Å². The minimum absolute atomic E-state index is 0. The van der Waals surface area contributed by atoms with E-state index in [0.717, 1.165) is 11.4 Å². The number of halogens is 1. The topological polar surface area (TPSA) is 40.1 Å². The lowest BCUT2D eigenvalue weighted by atomic mass is 10.1. The average molecular weight is 368 g/mol. The molecule has 0 heterocycles. The predicted molar refractivity (Wildman–Crippen MR) is 95.7 cm³/mol. The van der Waals surface area contributed by atoms with Gasteiger partial charge in [-0.2, -0.15) is 0 Å². The van der Waals surface area contributed by atoms with Crippen LogP contribution in [-0.2, 0) is 4.79 Å². The zero-order chi connectivity index (χ0) is 15.9. The van der Waals surface area contributed by atoms with Crippen LogP contribution in [-0.4, -0.2) is 38.1 Å². The number of nitrogens with zero attached hydrogens (tertiary/aromatic N) is 1. The van der Waals surface area contributed by atoms with Gasteiger partial charge < -0.3 is 14.4 Å². The van der Waals surface area contributed by atoms with E-state index >= 15 is 0 Å². The minimum atomic E-state index is -1.08. The summed E-state index contributed by atoms with van der Waals surface area (Å²) in [6.07, 6.45) is 14.4. The third kappa shape index (κ3) is 38.3. The molecule has 0 unspecified atom stereocenters. The second kappa shape index (κ2) is 18.0. The Morgan fingerprint density at radius 2 is 1.10 bits per heavy atom. The fourth-order valence-electron chi connectivity index (χ4n) is 2.07. The first-order chi connectivity index (χ1) is 9.29. The van der Waals surface area contributed by atoms with Crippen LogP contribution in [0.25, 0.3) is 0 Å². The molecule has 0 N–H and O–H groups in total. The van der Waals surface area contributed by atoms with E-state index in [2.05, 4.69) is 28.1 Å². The smallest absolute Gasteiger partial charge is 0.0780 e. The summed E-state index contributed by atoms with van der Waals surface area (Å²) in [6.45, 7) is 4.59. The molecule has 0 aliphatic carbocycles. The van der Waals surface area contributed by atoms with Gasteiger partial charge in [-0.05, 0) is 19.8 Å². The monoisotopic (exact) mass is 367 g/mol. The first-order valence-electron chi connectivity index (χ1n) is 8.27. The second-order valence-corrected chi connectivity index (χ2v) is 6.69. The Kier molecular flexibility index (Phi) is 22.1. The minimum Gasteiger partial charge on any atom is -0.550 e. The highest BCUT2D eigenvalue weighted by atomic mass is 79.9. The van der Waals surface area contributed by atoms with Gasteiger partial charge in [0.2, 0.25) is 0 Å². The van der Waals surface area contributed by atoms with Crippen LogP contribution in [0.15, 0.2) is 0 Å². The van der Waals surface area contributed by atoms with Crippen molar-refractivity contribution in [3.05, 3.63) is 0 Å².